The average molecular weight is 357 g/mol. The standard InChI is InChI=1S/C24H24OSi/c1-7-18-15(4)14(3)16(5)23-22(18)20(8-2)24(23,6)25-26-21-13-17-11-9-10-12-19(17)21/h7-13,20H,1-2H2,3-6H3. The van der Waals surface area contributed by atoms with Crippen LogP contribution in [0, 0.1) is 20.8 Å². The molecule has 0 aromatic heterocycles. The Labute approximate surface area is 159 Å². The summed E-state index contributed by atoms with van der Waals surface area (Å²) < 4.78 is 6.59. The van der Waals surface area contributed by atoms with Crippen LogP contribution >= 0.6 is 0 Å². The van der Waals surface area contributed by atoms with Crippen molar-refractivity contribution in [1.29, 1.82) is 0 Å². The maximum atomic E-state index is 6.59. The molecule has 0 spiro atoms. The average Bonchev–Trinajstić information content (AvgIpc) is 2.61. The largest absolute Gasteiger partial charge is 0.401 e. The second-order valence-corrected chi connectivity index (χ2v) is 8.40. The summed E-state index contributed by atoms with van der Waals surface area (Å²) in [4.78, 5) is 0. The quantitative estimate of drug-likeness (QED) is 0.479. The molecule has 0 fully saturated rings. The first-order chi connectivity index (χ1) is 12.4. The first-order valence-electron chi connectivity index (χ1n) is 9.08. The molecule has 4 rings (SSSR count). The lowest BCUT2D eigenvalue weighted by Crippen LogP contribution is -2.45. The fourth-order valence-corrected chi connectivity index (χ4v) is 5.62. The first kappa shape index (κ1) is 17.3. The van der Waals surface area contributed by atoms with Crippen LogP contribution in [0.25, 0.3) is 17.3 Å². The normalized spacial score (nSPS) is 22.5. The van der Waals surface area contributed by atoms with Gasteiger partial charge in [-0.1, -0.05) is 49.1 Å². The van der Waals surface area contributed by atoms with Crippen LogP contribution in [0.4, 0.5) is 0 Å². The summed E-state index contributed by atoms with van der Waals surface area (Å²) in [6, 6.07) is 8.51. The topological polar surface area (TPSA) is 9.23 Å². The van der Waals surface area contributed by atoms with E-state index in [4.69, 9.17) is 4.43 Å². The van der Waals surface area contributed by atoms with E-state index < -0.39 is 0 Å². The summed E-state index contributed by atoms with van der Waals surface area (Å²) in [7, 11) is 0.346. The zero-order valence-electron chi connectivity index (χ0n) is 15.9. The minimum Gasteiger partial charge on any atom is -0.401 e. The first-order valence-corrected chi connectivity index (χ1v) is 9.99. The van der Waals surface area contributed by atoms with Gasteiger partial charge < -0.3 is 4.43 Å². The van der Waals surface area contributed by atoms with Gasteiger partial charge in [-0.15, -0.1) is 6.58 Å². The van der Waals surface area contributed by atoms with Crippen LogP contribution in [0.2, 0.25) is 0 Å². The summed E-state index contributed by atoms with van der Waals surface area (Å²) in [6.45, 7) is 17.0. The Bertz CT molecular complexity index is 982. The number of benzene rings is 2. The lowest BCUT2D eigenvalue weighted by atomic mass is 9.60. The van der Waals surface area contributed by atoms with Gasteiger partial charge in [0.2, 0.25) is 0 Å². The monoisotopic (exact) mass is 356 g/mol. The Kier molecular flexibility index (Phi) is 3.94. The van der Waals surface area contributed by atoms with Crippen molar-refractivity contribution in [2.45, 2.75) is 39.2 Å². The third kappa shape index (κ3) is 2.12. The van der Waals surface area contributed by atoms with E-state index in [0.29, 0.717) is 9.76 Å². The molecule has 2 aliphatic rings. The lowest BCUT2D eigenvalue weighted by molar-refractivity contribution is 0.0491. The molecule has 0 N–H and O–H groups in total. The summed E-state index contributed by atoms with van der Waals surface area (Å²) in [5.41, 5.74) is 10.3. The summed E-state index contributed by atoms with van der Waals surface area (Å²) in [5, 5.41) is 1.31. The van der Waals surface area contributed by atoms with Gasteiger partial charge in [0.25, 0.3) is 9.76 Å². The van der Waals surface area contributed by atoms with E-state index in [0.717, 1.165) is 0 Å². The third-order valence-electron chi connectivity index (χ3n) is 6.23. The van der Waals surface area contributed by atoms with Crippen molar-refractivity contribution >= 4 is 27.1 Å². The van der Waals surface area contributed by atoms with Crippen LogP contribution in [0.3, 0.4) is 0 Å². The van der Waals surface area contributed by atoms with Crippen LogP contribution in [0.1, 0.15) is 57.3 Å². The molecule has 0 bridgehead atoms. The van der Waals surface area contributed by atoms with Gasteiger partial charge in [0.15, 0.2) is 0 Å². The summed E-state index contributed by atoms with van der Waals surface area (Å²) in [6.07, 6.45) is 6.27. The van der Waals surface area contributed by atoms with Gasteiger partial charge >= 0.3 is 0 Å². The van der Waals surface area contributed by atoms with E-state index >= 15 is 0 Å². The molecule has 2 radical (unpaired) electrons. The van der Waals surface area contributed by atoms with E-state index in [9.17, 15) is 0 Å². The number of hydrogen-bond acceptors (Lipinski definition) is 1. The molecule has 0 aliphatic heterocycles. The Morgan fingerprint density at radius 2 is 1.81 bits per heavy atom. The molecule has 2 aliphatic carbocycles. The van der Waals surface area contributed by atoms with Gasteiger partial charge in [0.05, 0.1) is 5.60 Å². The smallest absolute Gasteiger partial charge is 0.270 e. The highest BCUT2D eigenvalue weighted by Gasteiger charge is 2.50. The molecule has 26 heavy (non-hydrogen) atoms. The number of rotatable bonds is 5. The molecule has 0 saturated carbocycles. The van der Waals surface area contributed by atoms with E-state index in [2.05, 4.69) is 71.2 Å². The highest BCUT2D eigenvalue weighted by molar-refractivity contribution is 6.59. The van der Waals surface area contributed by atoms with Crippen molar-refractivity contribution in [3.8, 4) is 0 Å². The highest BCUT2D eigenvalue weighted by atomic mass is 28.2. The molecule has 2 atom stereocenters. The molecular formula is C24H24OSi. The van der Waals surface area contributed by atoms with E-state index in [1.54, 1.807) is 0 Å². The van der Waals surface area contributed by atoms with Crippen LogP contribution in [0.5, 0.6) is 0 Å². The van der Waals surface area contributed by atoms with Gasteiger partial charge in [-0.3, -0.25) is 0 Å². The Hall–Kier alpha value is -2.16. The molecule has 2 heteroatoms. The van der Waals surface area contributed by atoms with E-state index in [1.165, 1.54) is 49.7 Å². The molecule has 2 aromatic carbocycles. The van der Waals surface area contributed by atoms with E-state index in [-0.39, 0.29) is 11.5 Å². The Balaban J connectivity index is 1.70. The molecule has 2 unspecified atom stereocenters. The lowest BCUT2D eigenvalue weighted by Gasteiger charge is -2.51. The maximum Gasteiger partial charge on any atom is 0.270 e. The predicted molar refractivity (Wildman–Crippen MR) is 112 cm³/mol. The van der Waals surface area contributed by atoms with Crippen LogP contribution in [-0.2, 0) is 10.0 Å². The van der Waals surface area contributed by atoms with E-state index in [1.807, 2.05) is 12.2 Å². The fourth-order valence-electron chi connectivity index (χ4n) is 4.51. The maximum absolute atomic E-state index is 6.59. The van der Waals surface area contributed by atoms with Crippen molar-refractivity contribution < 1.29 is 4.43 Å². The Morgan fingerprint density at radius 1 is 1.08 bits per heavy atom. The molecule has 0 saturated heterocycles. The highest BCUT2D eigenvalue weighted by Crippen LogP contribution is 2.57. The van der Waals surface area contributed by atoms with Crippen molar-refractivity contribution in [1.82, 2.24) is 0 Å². The molecule has 1 nitrogen and oxygen atoms in total. The molecule has 2 aromatic rings. The number of hydrogen-bond donors (Lipinski definition) is 0. The molecule has 0 amide bonds. The molecular weight excluding hydrogens is 332 g/mol. The third-order valence-corrected chi connectivity index (χ3v) is 7.39. The summed E-state index contributed by atoms with van der Waals surface area (Å²) >= 11 is 0. The second-order valence-electron chi connectivity index (χ2n) is 7.45. The Morgan fingerprint density at radius 3 is 2.46 bits per heavy atom. The predicted octanol–water partition coefficient (Wildman–Crippen LogP) is 5.90. The number of fused-ring (bicyclic) bond motifs is 2. The van der Waals surface area contributed by atoms with Crippen LogP contribution < -0.4 is 0 Å². The van der Waals surface area contributed by atoms with Gasteiger partial charge in [-0.25, -0.2) is 0 Å². The zero-order valence-corrected chi connectivity index (χ0v) is 16.9. The van der Waals surface area contributed by atoms with Gasteiger partial charge in [0.1, 0.15) is 0 Å². The van der Waals surface area contributed by atoms with Crippen molar-refractivity contribution in [3.05, 3.63) is 88.0 Å². The fraction of sp³-hybridized carbons (Fsp3) is 0.250. The summed E-state index contributed by atoms with van der Waals surface area (Å²) in [5.74, 6) is 0.201. The van der Waals surface area contributed by atoms with Crippen molar-refractivity contribution in [2.24, 2.45) is 0 Å². The minimum atomic E-state index is -0.318. The van der Waals surface area contributed by atoms with Crippen molar-refractivity contribution in [2.75, 3.05) is 0 Å². The SMILES string of the molecule is C=Cc1c(C)c(C)c(C)c2c1C(C=C)C2(C)O[Si]C1=Cc2ccccc21. The second kappa shape index (κ2) is 5.93. The molecule has 130 valence electrons. The minimum absolute atomic E-state index is 0.201. The van der Waals surface area contributed by atoms with Gasteiger partial charge in [0, 0.05) is 5.92 Å². The van der Waals surface area contributed by atoms with Crippen LogP contribution in [-0.4, -0.2) is 9.76 Å². The van der Waals surface area contributed by atoms with Crippen LogP contribution in [0.15, 0.2) is 43.5 Å². The molecule has 0 heterocycles. The van der Waals surface area contributed by atoms with Crippen molar-refractivity contribution in [3.63, 3.8) is 0 Å². The zero-order chi connectivity index (χ0) is 18.6. The van der Waals surface area contributed by atoms with Gasteiger partial charge in [-0.2, -0.15) is 0 Å². The van der Waals surface area contributed by atoms with Gasteiger partial charge in [-0.05, 0) is 77.4 Å².